The Bertz CT molecular complexity index is 1470. The lowest BCUT2D eigenvalue weighted by Gasteiger charge is -2.41. The zero-order valence-corrected chi connectivity index (χ0v) is 22.3. The van der Waals surface area contributed by atoms with Gasteiger partial charge in [-0.1, -0.05) is 38.1 Å². The van der Waals surface area contributed by atoms with Crippen LogP contribution >= 0.6 is 0 Å². The van der Waals surface area contributed by atoms with Crippen molar-refractivity contribution in [2.45, 2.75) is 63.9 Å². The number of hydrogen-bond acceptors (Lipinski definition) is 5. The number of rotatable bonds is 6. The number of fused-ring (bicyclic) bond motifs is 6. The maximum absolute atomic E-state index is 14.5. The van der Waals surface area contributed by atoms with E-state index in [9.17, 15) is 18.4 Å². The molecule has 8 heteroatoms. The molecule has 0 radical (unpaired) electrons. The number of aromatic nitrogens is 2. The summed E-state index contributed by atoms with van der Waals surface area (Å²) < 4.78 is 35.0. The van der Waals surface area contributed by atoms with E-state index in [-0.39, 0.29) is 47.1 Å². The van der Waals surface area contributed by atoms with Crippen molar-refractivity contribution in [1.82, 2.24) is 15.1 Å². The van der Waals surface area contributed by atoms with Crippen LogP contribution in [0.25, 0.3) is 11.3 Å². The van der Waals surface area contributed by atoms with Gasteiger partial charge < -0.3 is 9.64 Å². The van der Waals surface area contributed by atoms with Crippen LogP contribution in [-0.4, -0.2) is 46.0 Å². The van der Waals surface area contributed by atoms with Gasteiger partial charge >= 0.3 is 0 Å². The Hall–Kier alpha value is -3.68. The van der Waals surface area contributed by atoms with Gasteiger partial charge in [0.05, 0.1) is 23.4 Å². The number of carbonyl (C=O) groups excluding carboxylic acids is 2. The van der Waals surface area contributed by atoms with Crippen LogP contribution in [0.3, 0.4) is 0 Å². The highest BCUT2D eigenvalue weighted by Gasteiger charge is 2.64. The smallest absolute Gasteiger partial charge is 0.226 e. The van der Waals surface area contributed by atoms with Gasteiger partial charge in [-0.05, 0) is 60.9 Å². The summed E-state index contributed by atoms with van der Waals surface area (Å²) in [5.74, 6) is -0.807. The van der Waals surface area contributed by atoms with E-state index in [0.29, 0.717) is 18.8 Å². The van der Waals surface area contributed by atoms with Crippen LogP contribution in [0.4, 0.5) is 8.78 Å². The normalized spacial score (nSPS) is 24.2. The fraction of sp³-hybridized carbons (Fsp3) is 0.419. The van der Waals surface area contributed by atoms with E-state index >= 15 is 0 Å². The molecule has 0 saturated heterocycles. The second kappa shape index (κ2) is 9.21. The molecule has 39 heavy (non-hydrogen) atoms. The number of para-hydroxylation sites is 1. The molecule has 3 aromatic rings. The van der Waals surface area contributed by atoms with Gasteiger partial charge in [-0.15, -0.1) is 0 Å². The summed E-state index contributed by atoms with van der Waals surface area (Å²) in [4.78, 5) is 28.1. The highest BCUT2D eigenvalue weighted by Crippen LogP contribution is 2.67. The summed E-state index contributed by atoms with van der Waals surface area (Å²) in [5, 5.41) is 8.84. The standard InChI is InChI=1S/C31H31F2N3O3/c1-4-36(27(38)16-26-24(37)14-18-8-5-6-11-25(18)39-26)17-31-13-12-20(30(31,2)3)19-15-23(34-35-29(19)31)28-21(32)9-7-10-22(28)33/h5-11,15,20,26H,4,12-14,16-17H2,1-3H3/t20-,26?,31-/m0/s1. The van der Waals surface area contributed by atoms with Crippen molar-refractivity contribution in [3.63, 3.8) is 0 Å². The van der Waals surface area contributed by atoms with Crippen molar-refractivity contribution in [2.24, 2.45) is 5.41 Å². The summed E-state index contributed by atoms with van der Waals surface area (Å²) in [5.41, 5.74) is 1.89. The highest BCUT2D eigenvalue weighted by molar-refractivity contribution is 5.92. The number of nitrogens with zero attached hydrogens (tertiary/aromatic N) is 3. The molecule has 0 N–H and O–H groups in total. The average molecular weight is 532 g/mol. The number of benzene rings is 2. The van der Waals surface area contributed by atoms with Crippen molar-refractivity contribution in [3.8, 4) is 17.0 Å². The maximum Gasteiger partial charge on any atom is 0.226 e. The van der Waals surface area contributed by atoms with Gasteiger partial charge in [-0.2, -0.15) is 10.2 Å². The Morgan fingerprint density at radius 3 is 2.59 bits per heavy atom. The molecule has 3 aliphatic rings. The first-order valence-electron chi connectivity index (χ1n) is 13.5. The summed E-state index contributed by atoms with van der Waals surface area (Å²) >= 11 is 0. The molecule has 2 aliphatic carbocycles. The molecule has 1 aromatic heterocycles. The molecule has 2 heterocycles. The lowest BCUT2D eigenvalue weighted by molar-refractivity contribution is -0.139. The van der Waals surface area contributed by atoms with E-state index in [1.54, 1.807) is 11.0 Å². The summed E-state index contributed by atoms with van der Waals surface area (Å²) in [7, 11) is 0. The van der Waals surface area contributed by atoms with Gasteiger partial charge in [0.2, 0.25) is 5.91 Å². The van der Waals surface area contributed by atoms with E-state index in [1.165, 1.54) is 18.2 Å². The highest BCUT2D eigenvalue weighted by atomic mass is 19.1. The first kappa shape index (κ1) is 25.6. The summed E-state index contributed by atoms with van der Waals surface area (Å²) in [6.45, 7) is 7.19. The number of carbonyl (C=O) groups is 2. The van der Waals surface area contributed by atoms with Crippen molar-refractivity contribution in [2.75, 3.05) is 13.1 Å². The van der Waals surface area contributed by atoms with Gasteiger partial charge in [-0.3, -0.25) is 9.59 Å². The monoisotopic (exact) mass is 531 g/mol. The molecular weight excluding hydrogens is 500 g/mol. The van der Waals surface area contributed by atoms with Gasteiger partial charge in [0.25, 0.3) is 0 Å². The van der Waals surface area contributed by atoms with Crippen LogP contribution in [0, 0.1) is 17.0 Å². The zero-order valence-electron chi connectivity index (χ0n) is 22.3. The molecule has 1 fully saturated rings. The molecule has 2 bridgehead atoms. The molecule has 1 unspecified atom stereocenters. The number of halogens is 2. The third-order valence-electron chi connectivity index (χ3n) is 9.36. The van der Waals surface area contributed by atoms with Crippen LogP contribution in [0.15, 0.2) is 48.5 Å². The van der Waals surface area contributed by atoms with Crippen LogP contribution in [0.5, 0.6) is 5.75 Å². The Kier molecular flexibility index (Phi) is 6.04. The predicted octanol–water partition coefficient (Wildman–Crippen LogP) is 5.39. The Morgan fingerprint density at radius 1 is 1.10 bits per heavy atom. The van der Waals surface area contributed by atoms with Gasteiger partial charge in [-0.25, -0.2) is 8.78 Å². The van der Waals surface area contributed by atoms with Crippen molar-refractivity contribution in [3.05, 3.63) is 77.0 Å². The van der Waals surface area contributed by atoms with E-state index < -0.39 is 23.2 Å². The Labute approximate surface area is 226 Å². The number of Topliss-reactive ketones (excluding diaryl/α,β-unsaturated/α-hetero) is 1. The largest absolute Gasteiger partial charge is 0.482 e. The van der Waals surface area contributed by atoms with Crippen LogP contribution in [0.1, 0.15) is 62.8 Å². The zero-order chi connectivity index (χ0) is 27.5. The van der Waals surface area contributed by atoms with Crippen molar-refractivity contribution in [1.29, 1.82) is 0 Å². The van der Waals surface area contributed by atoms with Gasteiger partial charge in [0, 0.05) is 30.5 Å². The van der Waals surface area contributed by atoms with E-state index in [0.717, 1.165) is 29.7 Å². The molecule has 202 valence electrons. The molecule has 1 amide bonds. The predicted molar refractivity (Wildman–Crippen MR) is 141 cm³/mol. The van der Waals surface area contributed by atoms with E-state index in [2.05, 4.69) is 24.0 Å². The Morgan fingerprint density at radius 2 is 1.85 bits per heavy atom. The first-order chi connectivity index (χ1) is 18.7. The molecule has 6 nitrogen and oxygen atoms in total. The average Bonchev–Trinajstić information content (AvgIpc) is 3.27. The second-order valence-electron chi connectivity index (χ2n) is 11.5. The number of hydrogen-bond donors (Lipinski definition) is 0. The van der Waals surface area contributed by atoms with Crippen LogP contribution in [-0.2, 0) is 21.4 Å². The van der Waals surface area contributed by atoms with E-state index in [4.69, 9.17) is 4.74 Å². The van der Waals surface area contributed by atoms with Crippen LogP contribution in [0.2, 0.25) is 0 Å². The Balaban J connectivity index is 1.28. The van der Waals surface area contributed by atoms with E-state index in [1.807, 2.05) is 31.2 Å². The number of likely N-dealkylation sites (N-methyl/N-ethyl adjacent to an activating group) is 1. The number of ketones is 1. The maximum atomic E-state index is 14.5. The molecular formula is C31H31F2N3O3. The quantitative estimate of drug-likeness (QED) is 0.427. The molecule has 1 aliphatic heterocycles. The minimum absolute atomic E-state index is 0.0228. The lowest BCUT2D eigenvalue weighted by Crippen LogP contribution is -2.49. The third-order valence-corrected chi connectivity index (χ3v) is 9.36. The minimum Gasteiger partial charge on any atom is -0.482 e. The van der Waals surface area contributed by atoms with Gasteiger partial charge in [0.15, 0.2) is 11.9 Å². The first-order valence-corrected chi connectivity index (χ1v) is 13.5. The lowest BCUT2D eigenvalue weighted by atomic mass is 9.68. The fourth-order valence-electron chi connectivity index (χ4n) is 7.07. The van der Waals surface area contributed by atoms with Crippen molar-refractivity contribution < 1.29 is 23.1 Å². The topological polar surface area (TPSA) is 72.4 Å². The molecule has 2 aromatic carbocycles. The molecule has 0 spiro atoms. The second-order valence-corrected chi connectivity index (χ2v) is 11.5. The van der Waals surface area contributed by atoms with Gasteiger partial charge in [0.1, 0.15) is 17.4 Å². The fourth-order valence-corrected chi connectivity index (χ4v) is 7.07. The third kappa shape index (κ3) is 3.86. The summed E-state index contributed by atoms with van der Waals surface area (Å²) in [6, 6.07) is 13.0. The number of amides is 1. The van der Waals surface area contributed by atoms with Crippen molar-refractivity contribution >= 4 is 11.7 Å². The molecule has 6 rings (SSSR count). The summed E-state index contributed by atoms with van der Waals surface area (Å²) in [6.07, 6.45) is 1.14. The molecule has 3 atom stereocenters. The number of ether oxygens (including phenoxy) is 1. The SMILES string of the molecule is CCN(C[C@@]12CC[C@@H](c3cc(-c4c(F)cccc4F)nnc31)C2(C)C)C(=O)CC1Oc2ccccc2CC1=O. The molecule has 1 saturated carbocycles. The van der Waals surface area contributed by atoms with Crippen LogP contribution < -0.4 is 4.74 Å². The minimum atomic E-state index is -0.808.